The van der Waals surface area contributed by atoms with E-state index in [4.69, 9.17) is 0 Å². The van der Waals surface area contributed by atoms with Crippen molar-refractivity contribution in [1.82, 2.24) is 20.3 Å². The van der Waals surface area contributed by atoms with Gasteiger partial charge in [-0.15, -0.1) is 0 Å². The van der Waals surface area contributed by atoms with Crippen LogP contribution in [0.25, 0.3) is 0 Å². The third-order valence-electron chi connectivity index (χ3n) is 4.67. The van der Waals surface area contributed by atoms with Crippen molar-refractivity contribution in [3.8, 4) is 0 Å². The summed E-state index contributed by atoms with van der Waals surface area (Å²) >= 11 is 0. The van der Waals surface area contributed by atoms with E-state index in [1.54, 1.807) is 0 Å². The normalized spacial score (nSPS) is 13.8. The third kappa shape index (κ3) is 3.70. The fourth-order valence-electron chi connectivity index (χ4n) is 3.31. The molecule has 1 fully saturated rings. The summed E-state index contributed by atoms with van der Waals surface area (Å²) in [6.45, 7) is -0.230. The predicted octanol–water partition coefficient (Wildman–Crippen LogP) is 2.78. The second kappa shape index (κ2) is 7.93. The summed E-state index contributed by atoms with van der Waals surface area (Å²) < 4.78 is 0. The number of hydrogen-bond donors (Lipinski definition) is 1. The average molecular weight is 386 g/mol. The van der Waals surface area contributed by atoms with Gasteiger partial charge in [-0.3, -0.25) is 20.0 Å². The second-order valence-corrected chi connectivity index (χ2v) is 6.53. The van der Waals surface area contributed by atoms with Crippen LogP contribution in [-0.2, 0) is 4.79 Å². The maximum Gasteiger partial charge on any atom is 0.346 e. The van der Waals surface area contributed by atoms with Crippen molar-refractivity contribution < 1.29 is 14.4 Å². The lowest BCUT2D eigenvalue weighted by molar-refractivity contribution is -0.126. The molecule has 2 aromatic carbocycles. The second-order valence-electron chi connectivity index (χ2n) is 6.53. The van der Waals surface area contributed by atoms with Gasteiger partial charge in [0.25, 0.3) is 11.8 Å². The first-order chi connectivity index (χ1) is 14.1. The van der Waals surface area contributed by atoms with Crippen LogP contribution >= 0.6 is 0 Å². The van der Waals surface area contributed by atoms with Gasteiger partial charge in [-0.25, -0.2) is 14.7 Å². The molecular weight excluding hydrogens is 368 g/mol. The first-order valence-corrected chi connectivity index (χ1v) is 9.09. The molecule has 0 atom stereocenters. The van der Waals surface area contributed by atoms with Crippen molar-refractivity contribution >= 4 is 17.8 Å². The maximum atomic E-state index is 13.1. The average Bonchev–Trinajstić information content (AvgIpc) is 3.04. The van der Waals surface area contributed by atoms with Crippen LogP contribution in [0.5, 0.6) is 0 Å². The highest BCUT2D eigenvalue weighted by Crippen LogP contribution is 2.31. The Morgan fingerprint density at radius 3 is 1.97 bits per heavy atom. The van der Waals surface area contributed by atoms with Gasteiger partial charge < -0.3 is 0 Å². The van der Waals surface area contributed by atoms with E-state index in [0.717, 1.165) is 16.1 Å². The van der Waals surface area contributed by atoms with E-state index in [9.17, 15) is 14.4 Å². The zero-order valence-electron chi connectivity index (χ0n) is 15.4. The van der Waals surface area contributed by atoms with Crippen LogP contribution in [0.2, 0.25) is 0 Å². The quantitative estimate of drug-likeness (QED) is 0.684. The highest BCUT2D eigenvalue weighted by atomic mass is 16.2. The minimum atomic E-state index is -0.583. The van der Waals surface area contributed by atoms with Crippen LogP contribution in [-0.4, -0.2) is 39.3 Å². The number of nitrogens with zero attached hydrogens (tertiary/aromatic N) is 3. The SMILES string of the molecule is O=C(NN1CC(=O)N(C(c2ccccc2)c2ccccc2)C1=O)c1ccncc1. The van der Waals surface area contributed by atoms with Crippen LogP contribution in [0.15, 0.2) is 85.2 Å². The summed E-state index contributed by atoms with van der Waals surface area (Å²) in [6, 6.07) is 20.6. The summed E-state index contributed by atoms with van der Waals surface area (Å²) in [5, 5.41) is 1.05. The van der Waals surface area contributed by atoms with Gasteiger partial charge in [0.05, 0.1) is 6.04 Å². The molecule has 0 radical (unpaired) electrons. The number of benzene rings is 2. The Hall–Kier alpha value is -4.00. The van der Waals surface area contributed by atoms with E-state index in [-0.39, 0.29) is 12.5 Å². The molecule has 2 heterocycles. The molecule has 0 bridgehead atoms. The van der Waals surface area contributed by atoms with Gasteiger partial charge in [-0.2, -0.15) is 0 Å². The summed E-state index contributed by atoms with van der Waals surface area (Å²) in [6.07, 6.45) is 2.97. The van der Waals surface area contributed by atoms with Gasteiger partial charge in [0.15, 0.2) is 0 Å². The number of aromatic nitrogens is 1. The minimum Gasteiger partial charge on any atom is -0.272 e. The molecule has 7 nitrogen and oxygen atoms in total. The maximum absolute atomic E-state index is 13.1. The Kier molecular flexibility index (Phi) is 5.03. The molecule has 1 N–H and O–H groups in total. The Morgan fingerprint density at radius 2 is 1.41 bits per heavy atom. The number of pyridine rings is 1. The molecule has 4 amide bonds. The number of carbonyl (C=O) groups excluding carboxylic acids is 3. The summed E-state index contributed by atoms with van der Waals surface area (Å²) in [5.41, 5.74) is 4.48. The molecule has 7 heteroatoms. The molecule has 144 valence electrons. The van der Waals surface area contributed by atoms with E-state index < -0.39 is 18.0 Å². The Bertz CT molecular complexity index is 986. The lowest BCUT2D eigenvalue weighted by Crippen LogP contribution is -2.45. The first-order valence-electron chi connectivity index (χ1n) is 9.09. The van der Waals surface area contributed by atoms with Crippen molar-refractivity contribution in [2.24, 2.45) is 0 Å². The van der Waals surface area contributed by atoms with E-state index in [2.05, 4.69) is 10.4 Å². The van der Waals surface area contributed by atoms with E-state index in [1.807, 2.05) is 60.7 Å². The van der Waals surface area contributed by atoms with Crippen LogP contribution in [0.3, 0.4) is 0 Å². The largest absolute Gasteiger partial charge is 0.346 e. The van der Waals surface area contributed by atoms with Crippen molar-refractivity contribution in [3.63, 3.8) is 0 Å². The number of urea groups is 1. The lowest BCUT2D eigenvalue weighted by Gasteiger charge is -2.27. The van der Waals surface area contributed by atoms with Gasteiger partial charge in [0.2, 0.25) is 0 Å². The molecule has 1 aliphatic rings. The molecule has 0 spiro atoms. The highest BCUT2D eigenvalue weighted by Gasteiger charge is 2.42. The van der Waals surface area contributed by atoms with Gasteiger partial charge >= 0.3 is 6.03 Å². The zero-order valence-corrected chi connectivity index (χ0v) is 15.4. The summed E-state index contributed by atoms with van der Waals surface area (Å²) in [4.78, 5) is 43.3. The molecule has 1 aromatic heterocycles. The number of rotatable bonds is 5. The van der Waals surface area contributed by atoms with Crippen molar-refractivity contribution in [2.75, 3.05) is 6.54 Å². The van der Waals surface area contributed by atoms with Crippen molar-refractivity contribution in [2.45, 2.75) is 6.04 Å². The van der Waals surface area contributed by atoms with Crippen LogP contribution in [0.4, 0.5) is 4.79 Å². The van der Waals surface area contributed by atoms with Gasteiger partial charge in [0.1, 0.15) is 6.54 Å². The molecule has 4 rings (SSSR count). The number of nitrogens with one attached hydrogen (secondary N) is 1. The van der Waals surface area contributed by atoms with Gasteiger partial charge in [0, 0.05) is 18.0 Å². The summed E-state index contributed by atoms with van der Waals surface area (Å²) in [5.74, 6) is -0.867. The first kappa shape index (κ1) is 18.4. The molecular formula is C22H18N4O3. The molecule has 0 aliphatic carbocycles. The van der Waals surface area contributed by atoms with E-state index in [0.29, 0.717) is 5.56 Å². The molecule has 1 saturated heterocycles. The molecule has 29 heavy (non-hydrogen) atoms. The van der Waals surface area contributed by atoms with Crippen molar-refractivity contribution in [1.29, 1.82) is 0 Å². The number of hydrogen-bond acceptors (Lipinski definition) is 4. The standard InChI is InChI=1S/C22H18N4O3/c27-19-15-25(24-21(28)18-11-13-23-14-12-18)22(29)26(19)20(16-7-3-1-4-8-16)17-9-5-2-6-10-17/h1-14,20H,15H2,(H,24,28). The van der Waals surface area contributed by atoms with E-state index >= 15 is 0 Å². The number of amides is 4. The number of carbonyl (C=O) groups is 3. The fourth-order valence-corrected chi connectivity index (χ4v) is 3.31. The monoisotopic (exact) mass is 386 g/mol. The smallest absolute Gasteiger partial charge is 0.272 e. The number of imide groups is 1. The lowest BCUT2D eigenvalue weighted by atomic mass is 9.97. The molecule has 3 aromatic rings. The highest BCUT2D eigenvalue weighted by molar-refractivity contribution is 6.04. The third-order valence-corrected chi connectivity index (χ3v) is 4.67. The Labute approximate surface area is 167 Å². The van der Waals surface area contributed by atoms with Crippen molar-refractivity contribution in [3.05, 3.63) is 102 Å². The van der Waals surface area contributed by atoms with E-state index in [1.165, 1.54) is 29.4 Å². The molecule has 1 aliphatic heterocycles. The molecule has 0 unspecified atom stereocenters. The Morgan fingerprint density at radius 1 is 0.862 bits per heavy atom. The van der Waals surface area contributed by atoms with Gasteiger partial charge in [-0.05, 0) is 23.3 Å². The topological polar surface area (TPSA) is 82.6 Å². The zero-order chi connectivity index (χ0) is 20.2. The fraction of sp³-hybridized carbons (Fsp3) is 0.0909. The van der Waals surface area contributed by atoms with Crippen LogP contribution in [0.1, 0.15) is 27.5 Å². The summed E-state index contributed by atoms with van der Waals surface area (Å²) in [7, 11) is 0. The molecule has 0 saturated carbocycles. The van der Waals surface area contributed by atoms with Crippen LogP contribution in [0, 0.1) is 0 Å². The predicted molar refractivity (Wildman–Crippen MR) is 105 cm³/mol. The van der Waals surface area contributed by atoms with Crippen LogP contribution < -0.4 is 5.43 Å². The minimum absolute atomic E-state index is 0.230. The van der Waals surface area contributed by atoms with Gasteiger partial charge in [-0.1, -0.05) is 60.7 Å². The number of hydrazine groups is 1. The Balaban J connectivity index is 1.63.